The summed E-state index contributed by atoms with van der Waals surface area (Å²) in [6.45, 7) is 8.55. The van der Waals surface area contributed by atoms with Crippen LogP contribution in [-0.4, -0.2) is 9.97 Å². The normalized spacial score (nSPS) is 11.6. The number of aryl methyl sites for hydroxylation is 1. The van der Waals surface area contributed by atoms with Gasteiger partial charge < -0.3 is 4.98 Å². The minimum absolute atomic E-state index is 0.0348. The van der Waals surface area contributed by atoms with E-state index in [0.29, 0.717) is 4.64 Å². The van der Waals surface area contributed by atoms with E-state index in [2.05, 4.69) is 61.9 Å². The Bertz CT molecular complexity index is 618. The van der Waals surface area contributed by atoms with E-state index in [0.717, 1.165) is 23.5 Å². The van der Waals surface area contributed by atoms with Crippen molar-refractivity contribution in [3.05, 3.63) is 46.4 Å². The summed E-state index contributed by atoms with van der Waals surface area (Å²) in [7, 11) is 0. The Hall–Kier alpha value is -1.48. The number of aromatic amines is 1. The Kier molecular flexibility index (Phi) is 3.85. The van der Waals surface area contributed by atoms with Crippen LogP contribution < -0.4 is 0 Å². The van der Waals surface area contributed by atoms with Crippen LogP contribution in [-0.2, 0) is 11.8 Å². The van der Waals surface area contributed by atoms with E-state index < -0.39 is 0 Å². The zero-order chi connectivity index (χ0) is 14.0. The van der Waals surface area contributed by atoms with Gasteiger partial charge in [0.1, 0.15) is 10.5 Å². The zero-order valence-corrected chi connectivity index (χ0v) is 12.8. The highest BCUT2D eigenvalue weighted by atomic mass is 32.1. The molecule has 100 valence electrons. The molecule has 2 aromatic rings. The molecule has 0 unspecified atom stereocenters. The summed E-state index contributed by atoms with van der Waals surface area (Å²) in [6, 6.07) is 10.5. The van der Waals surface area contributed by atoms with Gasteiger partial charge in [0.15, 0.2) is 0 Å². The van der Waals surface area contributed by atoms with Crippen LogP contribution in [0.25, 0.3) is 11.3 Å². The molecule has 0 bridgehead atoms. The Balaban J connectivity index is 2.49. The number of benzene rings is 1. The van der Waals surface area contributed by atoms with Gasteiger partial charge in [-0.3, -0.25) is 0 Å². The summed E-state index contributed by atoms with van der Waals surface area (Å²) >= 11 is 5.27. The second kappa shape index (κ2) is 5.25. The summed E-state index contributed by atoms with van der Waals surface area (Å²) < 4.78 is 0.637. The van der Waals surface area contributed by atoms with Crippen molar-refractivity contribution in [3.8, 4) is 11.3 Å². The fraction of sp³-hybridized carbons (Fsp3) is 0.375. The summed E-state index contributed by atoms with van der Waals surface area (Å²) in [5.41, 5.74) is 3.49. The third kappa shape index (κ3) is 3.29. The second-order valence-electron chi connectivity index (χ2n) is 5.78. The lowest BCUT2D eigenvalue weighted by molar-refractivity contribution is 0.545. The lowest BCUT2D eigenvalue weighted by Crippen LogP contribution is -2.16. The van der Waals surface area contributed by atoms with Gasteiger partial charge in [0.2, 0.25) is 0 Å². The maximum atomic E-state index is 5.27. The van der Waals surface area contributed by atoms with Gasteiger partial charge in [0.25, 0.3) is 0 Å². The molecule has 0 aliphatic rings. The van der Waals surface area contributed by atoms with Crippen LogP contribution >= 0.6 is 12.2 Å². The van der Waals surface area contributed by atoms with E-state index in [4.69, 9.17) is 12.2 Å². The molecule has 0 spiro atoms. The minimum atomic E-state index is -0.0348. The summed E-state index contributed by atoms with van der Waals surface area (Å²) in [4.78, 5) is 7.82. The fourth-order valence-corrected chi connectivity index (χ4v) is 2.10. The molecule has 2 nitrogen and oxygen atoms in total. The van der Waals surface area contributed by atoms with Gasteiger partial charge in [0, 0.05) is 11.1 Å². The predicted molar refractivity (Wildman–Crippen MR) is 82.9 cm³/mol. The van der Waals surface area contributed by atoms with Crippen LogP contribution in [0.1, 0.15) is 39.1 Å². The van der Waals surface area contributed by atoms with Gasteiger partial charge in [0.05, 0.1) is 0 Å². The number of nitrogens with one attached hydrogen (secondary N) is 1. The first-order valence-corrected chi connectivity index (χ1v) is 7.02. The average molecular weight is 272 g/mol. The smallest absolute Gasteiger partial charge is 0.130 e. The Labute approximate surface area is 119 Å². The molecule has 0 radical (unpaired) electrons. The number of nitrogens with zero attached hydrogens (tertiary/aromatic N) is 1. The first kappa shape index (κ1) is 13.9. The van der Waals surface area contributed by atoms with Gasteiger partial charge in [-0.25, -0.2) is 4.98 Å². The molecule has 0 aliphatic heterocycles. The first-order chi connectivity index (χ1) is 8.90. The molecule has 0 amide bonds. The quantitative estimate of drug-likeness (QED) is 0.805. The van der Waals surface area contributed by atoms with Crippen molar-refractivity contribution in [1.29, 1.82) is 0 Å². The van der Waals surface area contributed by atoms with Gasteiger partial charge >= 0.3 is 0 Å². The Morgan fingerprint density at radius 2 is 1.79 bits per heavy atom. The molecule has 0 aliphatic carbocycles. The van der Waals surface area contributed by atoms with Crippen LogP contribution in [0.15, 0.2) is 30.3 Å². The SMILES string of the molecule is CCc1ccc(-c2cc(=S)nc(C(C)(C)C)[nH]2)cc1. The lowest BCUT2D eigenvalue weighted by atomic mass is 9.95. The molecule has 1 N–H and O–H groups in total. The largest absolute Gasteiger partial charge is 0.343 e. The standard InChI is InChI=1S/C16H20N2S/c1-5-11-6-8-12(9-7-11)13-10-14(19)18-15(17-13)16(2,3)4/h6-10H,5H2,1-4H3,(H,17,18,19). The van der Waals surface area contributed by atoms with Crippen molar-refractivity contribution >= 4 is 12.2 Å². The average Bonchev–Trinajstić information content (AvgIpc) is 2.37. The Morgan fingerprint density at radius 1 is 1.16 bits per heavy atom. The van der Waals surface area contributed by atoms with Crippen LogP contribution in [0.2, 0.25) is 0 Å². The summed E-state index contributed by atoms with van der Waals surface area (Å²) in [6.07, 6.45) is 1.06. The highest BCUT2D eigenvalue weighted by Gasteiger charge is 2.17. The summed E-state index contributed by atoms with van der Waals surface area (Å²) in [5, 5.41) is 0. The van der Waals surface area contributed by atoms with Crippen LogP contribution in [0.5, 0.6) is 0 Å². The van der Waals surface area contributed by atoms with E-state index in [1.807, 2.05) is 6.07 Å². The second-order valence-corrected chi connectivity index (χ2v) is 6.20. The molecule has 1 aromatic carbocycles. The third-order valence-electron chi connectivity index (χ3n) is 3.13. The number of hydrogen-bond acceptors (Lipinski definition) is 2. The molecule has 0 fully saturated rings. The molecule has 2 rings (SSSR count). The van der Waals surface area contributed by atoms with E-state index in [1.165, 1.54) is 5.56 Å². The highest BCUT2D eigenvalue weighted by molar-refractivity contribution is 7.71. The minimum Gasteiger partial charge on any atom is -0.343 e. The summed E-state index contributed by atoms with van der Waals surface area (Å²) in [5.74, 6) is 0.926. The molecule has 1 heterocycles. The van der Waals surface area contributed by atoms with Crippen molar-refractivity contribution in [2.24, 2.45) is 0 Å². The van der Waals surface area contributed by atoms with Gasteiger partial charge in [-0.2, -0.15) is 0 Å². The molecule has 1 aromatic heterocycles. The molecule has 0 atom stereocenters. The highest BCUT2D eigenvalue weighted by Crippen LogP contribution is 2.23. The Morgan fingerprint density at radius 3 is 2.32 bits per heavy atom. The van der Waals surface area contributed by atoms with Crippen LogP contribution in [0.4, 0.5) is 0 Å². The lowest BCUT2D eigenvalue weighted by Gasteiger charge is -2.18. The first-order valence-electron chi connectivity index (χ1n) is 6.61. The monoisotopic (exact) mass is 272 g/mol. The third-order valence-corrected chi connectivity index (χ3v) is 3.34. The van der Waals surface area contributed by atoms with Crippen molar-refractivity contribution in [2.75, 3.05) is 0 Å². The number of aromatic nitrogens is 2. The van der Waals surface area contributed by atoms with Crippen molar-refractivity contribution in [1.82, 2.24) is 9.97 Å². The number of H-pyrrole nitrogens is 1. The van der Waals surface area contributed by atoms with Crippen LogP contribution in [0, 0.1) is 4.64 Å². The van der Waals surface area contributed by atoms with Crippen molar-refractivity contribution < 1.29 is 0 Å². The van der Waals surface area contributed by atoms with E-state index in [9.17, 15) is 0 Å². The molecular formula is C16H20N2S. The molecular weight excluding hydrogens is 252 g/mol. The van der Waals surface area contributed by atoms with Crippen molar-refractivity contribution in [3.63, 3.8) is 0 Å². The van der Waals surface area contributed by atoms with Gasteiger partial charge in [-0.05, 0) is 23.6 Å². The molecule has 3 heteroatoms. The maximum Gasteiger partial charge on any atom is 0.130 e. The molecule has 0 saturated carbocycles. The van der Waals surface area contributed by atoms with E-state index >= 15 is 0 Å². The van der Waals surface area contributed by atoms with Crippen molar-refractivity contribution in [2.45, 2.75) is 39.5 Å². The fourth-order valence-electron chi connectivity index (χ4n) is 1.89. The van der Waals surface area contributed by atoms with Gasteiger partial charge in [-0.15, -0.1) is 0 Å². The zero-order valence-electron chi connectivity index (χ0n) is 11.9. The number of hydrogen-bond donors (Lipinski definition) is 1. The topological polar surface area (TPSA) is 28.7 Å². The van der Waals surface area contributed by atoms with Crippen LogP contribution in [0.3, 0.4) is 0 Å². The molecule has 19 heavy (non-hydrogen) atoms. The number of rotatable bonds is 2. The van der Waals surface area contributed by atoms with E-state index in [-0.39, 0.29) is 5.41 Å². The van der Waals surface area contributed by atoms with E-state index in [1.54, 1.807) is 0 Å². The maximum absolute atomic E-state index is 5.27. The molecule has 0 saturated heterocycles. The predicted octanol–water partition coefficient (Wildman–Crippen LogP) is 4.67. The van der Waals surface area contributed by atoms with Gasteiger partial charge in [-0.1, -0.05) is 64.2 Å².